The number of nitrogens with one attached hydrogen (secondary N) is 1. The van der Waals surface area contributed by atoms with Gasteiger partial charge < -0.3 is 20.7 Å². The molecule has 0 radical (unpaired) electrons. The molecule has 24 heavy (non-hydrogen) atoms. The van der Waals surface area contributed by atoms with Gasteiger partial charge in [0.25, 0.3) is 5.91 Å². The molecule has 0 atom stereocenters. The van der Waals surface area contributed by atoms with Crippen molar-refractivity contribution in [3.63, 3.8) is 0 Å². The van der Waals surface area contributed by atoms with E-state index in [0.29, 0.717) is 32.5 Å². The maximum absolute atomic E-state index is 12.2. The van der Waals surface area contributed by atoms with E-state index in [1.807, 2.05) is 6.07 Å². The molecule has 1 aromatic rings. The second-order valence-electron chi connectivity index (χ2n) is 5.42. The Kier molecular flexibility index (Phi) is 5.95. The Labute approximate surface area is 140 Å². The number of aromatic nitrogens is 1. The standard InChI is InChI=1S/C16H21N5O3/c1-2-24-16-11(10-17)12(18)9-13(20-16)15(23)19-6-4-8-21-7-3-5-14(21)22/h9H,2-8H2,1H3,(H2,18,20)(H,19,23). The number of amides is 2. The number of anilines is 1. The number of nitriles is 1. The molecule has 0 unspecified atom stereocenters. The molecule has 1 aliphatic heterocycles. The Morgan fingerprint density at radius 3 is 3.00 bits per heavy atom. The predicted octanol–water partition coefficient (Wildman–Crippen LogP) is 0.676. The van der Waals surface area contributed by atoms with Crippen molar-refractivity contribution in [1.82, 2.24) is 15.2 Å². The summed E-state index contributed by atoms with van der Waals surface area (Å²) in [4.78, 5) is 29.5. The minimum Gasteiger partial charge on any atom is -0.477 e. The molecule has 3 N–H and O–H groups in total. The summed E-state index contributed by atoms with van der Waals surface area (Å²) in [5.74, 6) is -0.156. The van der Waals surface area contributed by atoms with Crippen LogP contribution in [-0.4, -0.2) is 47.9 Å². The molecular weight excluding hydrogens is 310 g/mol. The van der Waals surface area contributed by atoms with Crippen molar-refractivity contribution in [2.75, 3.05) is 32.0 Å². The number of nitrogens with zero attached hydrogens (tertiary/aromatic N) is 3. The van der Waals surface area contributed by atoms with Gasteiger partial charge in [-0.25, -0.2) is 4.98 Å². The van der Waals surface area contributed by atoms with Crippen LogP contribution in [0.1, 0.15) is 42.2 Å². The van der Waals surface area contributed by atoms with Crippen molar-refractivity contribution in [2.24, 2.45) is 0 Å². The van der Waals surface area contributed by atoms with Gasteiger partial charge in [-0.3, -0.25) is 9.59 Å². The quantitative estimate of drug-likeness (QED) is 0.709. The highest BCUT2D eigenvalue weighted by Gasteiger charge is 2.19. The highest BCUT2D eigenvalue weighted by molar-refractivity contribution is 5.93. The van der Waals surface area contributed by atoms with Crippen LogP contribution in [0.25, 0.3) is 0 Å². The highest BCUT2D eigenvalue weighted by Crippen LogP contribution is 2.22. The molecule has 1 saturated heterocycles. The molecular formula is C16H21N5O3. The maximum atomic E-state index is 12.2. The SMILES string of the molecule is CCOc1nc(C(=O)NCCCN2CCCC2=O)cc(N)c1C#N. The molecule has 0 aromatic carbocycles. The molecule has 0 saturated carbocycles. The predicted molar refractivity (Wildman–Crippen MR) is 87.3 cm³/mol. The van der Waals surface area contributed by atoms with E-state index < -0.39 is 0 Å². The summed E-state index contributed by atoms with van der Waals surface area (Å²) >= 11 is 0. The number of hydrogen-bond donors (Lipinski definition) is 2. The summed E-state index contributed by atoms with van der Waals surface area (Å²) in [6.45, 7) is 3.92. The molecule has 2 amide bonds. The number of likely N-dealkylation sites (tertiary alicyclic amines) is 1. The second kappa shape index (κ2) is 8.15. The monoisotopic (exact) mass is 331 g/mol. The number of hydrogen-bond acceptors (Lipinski definition) is 6. The minimum atomic E-state index is -0.389. The zero-order valence-electron chi connectivity index (χ0n) is 13.7. The van der Waals surface area contributed by atoms with Crippen molar-refractivity contribution in [3.05, 3.63) is 17.3 Å². The molecule has 0 aliphatic carbocycles. The Morgan fingerprint density at radius 1 is 1.58 bits per heavy atom. The van der Waals surface area contributed by atoms with Crippen LogP contribution in [-0.2, 0) is 4.79 Å². The number of carbonyl (C=O) groups excluding carboxylic acids is 2. The van der Waals surface area contributed by atoms with Gasteiger partial charge in [0.05, 0.1) is 12.3 Å². The average molecular weight is 331 g/mol. The Balaban J connectivity index is 1.92. The Morgan fingerprint density at radius 2 is 2.38 bits per heavy atom. The van der Waals surface area contributed by atoms with Crippen LogP contribution in [0.15, 0.2) is 6.07 Å². The van der Waals surface area contributed by atoms with E-state index in [1.165, 1.54) is 6.07 Å². The lowest BCUT2D eigenvalue weighted by Gasteiger charge is -2.15. The van der Waals surface area contributed by atoms with Gasteiger partial charge in [0, 0.05) is 26.1 Å². The van der Waals surface area contributed by atoms with Crippen molar-refractivity contribution in [2.45, 2.75) is 26.2 Å². The van der Waals surface area contributed by atoms with Gasteiger partial charge in [0.2, 0.25) is 11.8 Å². The van der Waals surface area contributed by atoms with Gasteiger partial charge in [-0.2, -0.15) is 5.26 Å². The number of pyridine rings is 1. The lowest BCUT2D eigenvalue weighted by Crippen LogP contribution is -2.31. The number of carbonyl (C=O) groups is 2. The van der Waals surface area contributed by atoms with Crippen LogP contribution >= 0.6 is 0 Å². The molecule has 1 aliphatic rings. The fraction of sp³-hybridized carbons (Fsp3) is 0.500. The van der Waals surface area contributed by atoms with Crippen LogP contribution in [0.4, 0.5) is 5.69 Å². The van der Waals surface area contributed by atoms with Crippen molar-refractivity contribution in [1.29, 1.82) is 5.26 Å². The number of ether oxygens (including phenoxy) is 1. The molecule has 1 aromatic heterocycles. The van der Waals surface area contributed by atoms with E-state index in [-0.39, 0.29) is 34.6 Å². The third-order valence-corrected chi connectivity index (χ3v) is 3.70. The van der Waals surface area contributed by atoms with Crippen molar-refractivity contribution in [3.8, 4) is 11.9 Å². The first-order chi connectivity index (χ1) is 11.6. The Bertz CT molecular complexity index is 668. The first-order valence-electron chi connectivity index (χ1n) is 7.96. The summed E-state index contributed by atoms with van der Waals surface area (Å²) in [6, 6.07) is 3.28. The Hall–Kier alpha value is -2.82. The molecule has 2 rings (SSSR count). The summed E-state index contributed by atoms with van der Waals surface area (Å²) in [5, 5.41) is 11.8. The normalized spacial score (nSPS) is 13.7. The van der Waals surface area contributed by atoms with Gasteiger partial charge in [-0.15, -0.1) is 0 Å². The van der Waals surface area contributed by atoms with Crippen LogP contribution in [0, 0.1) is 11.3 Å². The van der Waals surface area contributed by atoms with Crippen molar-refractivity contribution < 1.29 is 14.3 Å². The number of nitrogen functional groups attached to an aromatic ring is 1. The third kappa shape index (κ3) is 4.13. The molecule has 0 bridgehead atoms. The minimum absolute atomic E-state index is 0.0628. The maximum Gasteiger partial charge on any atom is 0.270 e. The average Bonchev–Trinajstić information content (AvgIpc) is 2.96. The summed E-state index contributed by atoms with van der Waals surface area (Å²) in [5.41, 5.74) is 6.17. The van der Waals surface area contributed by atoms with Crippen LogP contribution in [0.5, 0.6) is 5.88 Å². The molecule has 0 spiro atoms. The number of rotatable bonds is 7. The van der Waals surface area contributed by atoms with Gasteiger partial charge in [0.15, 0.2) is 0 Å². The van der Waals surface area contributed by atoms with Gasteiger partial charge in [-0.1, -0.05) is 0 Å². The lowest BCUT2D eigenvalue weighted by atomic mass is 10.2. The summed E-state index contributed by atoms with van der Waals surface area (Å²) < 4.78 is 5.27. The molecule has 1 fully saturated rings. The second-order valence-corrected chi connectivity index (χ2v) is 5.42. The molecule has 128 valence electrons. The van der Waals surface area contributed by atoms with Crippen LogP contribution in [0.2, 0.25) is 0 Å². The van der Waals surface area contributed by atoms with E-state index in [9.17, 15) is 9.59 Å². The number of nitrogens with two attached hydrogens (primary N) is 1. The van der Waals surface area contributed by atoms with E-state index in [1.54, 1.807) is 11.8 Å². The fourth-order valence-corrected chi connectivity index (χ4v) is 2.51. The van der Waals surface area contributed by atoms with E-state index in [0.717, 1.165) is 13.0 Å². The first kappa shape index (κ1) is 17.5. The van der Waals surface area contributed by atoms with E-state index in [2.05, 4.69) is 10.3 Å². The molecule has 2 heterocycles. The van der Waals surface area contributed by atoms with Gasteiger partial charge >= 0.3 is 0 Å². The van der Waals surface area contributed by atoms with E-state index in [4.69, 9.17) is 15.7 Å². The van der Waals surface area contributed by atoms with Gasteiger partial charge in [0.1, 0.15) is 17.3 Å². The highest BCUT2D eigenvalue weighted by atomic mass is 16.5. The summed E-state index contributed by atoms with van der Waals surface area (Å²) in [6.07, 6.45) is 2.18. The van der Waals surface area contributed by atoms with E-state index >= 15 is 0 Å². The van der Waals surface area contributed by atoms with Crippen LogP contribution in [0.3, 0.4) is 0 Å². The van der Waals surface area contributed by atoms with Crippen molar-refractivity contribution >= 4 is 17.5 Å². The zero-order valence-corrected chi connectivity index (χ0v) is 13.7. The zero-order chi connectivity index (χ0) is 17.5. The first-order valence-corrected chi connectivity index (χ1v) is 7.96. The van der Waals surface area contributed by atoms with Gasteiger partial charge in [-0.05, 0) is 25.8 Å². The third-order valence-electron chi connectivity index (χ3n) is 3.70. The molecule has 8 nitrogen and oxygen atoms in total. The smallest absolute Gasteiger partial charge is 0.270 e. The largest absolute Gasteiger partial charge is 0.477 e. The lowest BCUT2D eigenvalue weighted by molar-refractivity contribution is -0.127. The fourth-order valence-electron chi connectivity index (χ4n) is 2.51. The molecule has 8 heteroatoms. The topological polar surface area (TPSA) is 121 Å². The van der Waals surface area contributed by atoms with Crippen LogP contribution < -0.4 is 15.8 Å². The summed E-state index contributed by atoms with van der Waals surface area (Å²) in [7, 11) is 0.